The first kappa shape index (κ1) is 14.7. The van der Waals surface area contributed by atoms with Gasteiger partial charge in [0.15, 0.2) is 0 Å². The number of nitrogens with one attached hydrogen (secondary N) is 1. The van der Waals surface area contributed by atoms with E-state index in [-0.39, 0.29) is 5.60 Å². The number of hydrogen-bond acceptors (Lipinski definition) is 2. The third-order valence-corrected chi connectivity index (χ3v) is 4.14. The third-order valence-electron chi connectivity index (χ3n) is 4.14. The fourth-order valence-corrected chi connectivity index (χ4v) is 3.14. The van der Waals surface area contributed by atoms with E-state index in [9.17, 15) is 0 Å². The molecule has 0 aromatic carbocycles. The highest BCUT2D eigenvalue weighted by Gasteiger charge is 2.37. The molecule has 2 heteroatoms. The molecule has 100 valence electrons. The Morgan fingerprint density at radius 2 is 2.00 bits per heavy atom. The lowest BCUT2D eigenvalue weighted by Crippen LogP contribution is -2.52. The van der Waals surface area contributed by atoms with Crippen LogP contribution in [0.3, 0.4) is 0 Å². The Hall–Kier alpha value is -0.340. The molecule has 0 aromatic rings. The average Bonchev–Trinajstić information content (AvgIpc) is 2.39. The number of rotatable bonds is 7. The molecule has 0 heterocycles. The van der Waals surface area contributed by atoms with Gasteiger partial charge >= 0.3 is 0 Å². The van der Waals surface area contributed by atoms with Crippen LogP contribution in [0, 0.1) is 0 Å². The second-order valence-corrected chi connectivity index (χ2v) is 4.95. The molecular formula is C15H29NO. The van der Waals surface area contributed by atoms with Crippen molar-refractivity contribution in [3.63, 3.8) is 0 Å². The molecule has 1 N–H and O–H groups in total. The second-order valence-electron chi connectivity index (χ2n) is 4.95. The average molecular weight is 239 g/mol. The summed E-state index contributed by atoms with van der Waals surface area (Å²) in [5.41, 5.74) is 1.54. The number of hydrogen-bond donors (Lipinski definition) is 1. The van der Waals surface area contributed by atoms with E-state index in [2.05, 4.69) is 39.2 Å². The molecule has 0 spiro atoms. The standard InChI is InChI=1S/C15H29NO/c1-5-15(6-2,17-7-3)14(16-4)13-11-9-8-10-12-13/h11,14,16H,5-10,12H2,1-4H3. The SMILES string of the molecule is CCOC(CC)(CC)C(NC)C1=CCCCC1. The molecule has 0 aromatic heterocycles. The van der Waals surface area contributed by atoms with E-state index >= 15 is 0 Å². The Balaban J connectivity index is 2.90. The van der Waals surface area contributed by atoms with E-state index in [1.165, 1.54) is 25.7 Å². The van der Waals surface area contributed by atoms with Crippen LogP contribution in [0.25, 0.3) is 0 Å². The van der Waals surface area contributed by atoms with Crippen molar-refractivity contribution >= 4 is 0 Å². The zero-order chi connectivity index (χ0) is 12.7. The van der Waals surface area contributed by atoms with E-state index in [1.807, 2.05) is 0 Å². The summed E-state index contributed by atoms with van der Waals surface area (Å²) >= 11 is 0. The van der Waals surface area contributed by atoms with Gasteiger partial charge in [-0.05, 0) is 52.5 Å². The van der Waals surface area contributed by atoms with Crippen molar-refractivity contribution in [2.75, 3.05) is 13.7 Å². The highest BCUT2D eigenvalue weighted by Crippen LogP contribution is 2.33. The summed E-state index contributed by atoms with van der Waals surface area (Å²) in [7, 11) is 2.07. The van der Waals surface area contributed by atoms with Crippen LogP contribution in [0.2, 0.25) is 0 Å². The summed E-state index contributed by atoms with van der Waals surface area (Å²) in [6.07, 6.45) is 9.73. The monoisotopic (exact) mass is 239 g/mol. The molecule has 0 fully saturated rings. The van der Waals surface area contributed by atoms with Crippen LogP contribution in [0.15, 0.2) is 11.6 Å². The van der Waals surface area contributed by atoms with Crippen molar-refractivity contribution in [3.05, 3.63) is 11.6 Å². The number of likely N-dealkylation sites (N-methyl/N-ethyl adjacent to an activating group) is 1. The molecule has 0 saturated heterocycles. The molecule has 2 nitrogen and oxygen atoms in total. The van der Waals surface area contributed by atoms with Gasteiger partial charge in [0.1, 0.15) is 0 Å². The minimum atomic E-state index is -0.0212. The lowest BCUT2D eigenvalue weighted by molar-refractivity contribution is -0.0630. The maximum atomic E-state index is 6.13. The fourth-order valence-electron chi connectivity index (χ4n) is 3.14. The Kier molecular flexibility index (Phi) is 6.21. The molecule has 1 aliphatic rings. The van der Waals surface area contributed by atoms with E-state index < -0.39 is 0 Å². The van der Waals surface area contributed by atoms with Gasteiger partial charge in [-0.3, -0.25) is 0 Å². The maximum Gasteiger partial charge on any atom is 0.0867 e. The molecule has 1 atom stereocenters. The van der Waals surface area contributed by atoms with Crippen molar-refractivity contribution in [2.24, 2.45) is 0 Å². The van der Waals surface area contributed by atoms with Crippen LogP contribution in [0.4, 0.5) is 0 Å². The van der Waals surface area contributed by atoms with Crippen molar-refractivity contribution in [2.45, 2.75) is 70.9 Å². The zero-order valence-corrected chi connectivity index (χ0v) is 12.0. The van der Waals surface area contributed by atoms with Crippen LogP contribution in [-0.2, 0) is 4.74 Å². The first-order chi connectivity index (χ1) is 8.24. The normalized spacial score (nSPS) is 18.9. The molecule has 1 rings (SSSR count). The maximum absolute atomic E-state index is 6.13. The van der Waals surface area contributed by atoms with Crippen molar-refractivity contribution in [1.29, 1.82) is 0 Å². The van der Waals surface area contributed by atoms with Gasteiger partial charge in [0.05, 0.1) is 11.6 Å². The first-order valence-electron chi connectivity index (χ1n) is 7.24. The molecule has 0 aliphatic heterocycles. The van der Waals surface area contributed by atoms with Crippen LogP contribution in [0.1, 0.15) is 59.3 Å². The summed E-state index contributed by atoms with van der Waals surface area (Å²) in [6, 6.07) is 0.387. The smallest absolute Gasteiger partial charge is 0.0867 e. The van der Waals surface area contributed by atoms with Crippen molar-refractivity contribution in [3.8, 4) is 0 Å². The van der Waals surface area contributed by atoms with E-state index in [4.69, 9.17) is 4.74 Å². The Bertz CT molecular complexity index is 243. The van der Waals surface area contributed by atoms with Crippen LogP contribution >= 0.6 is 0 Å². The number of ether oxygens (including phenoxy) is 1. The van der Waals surface area contributed by atoms with Crippen LogP contribution in [0.5, 0.6) is 0 Å². The van der Waals surface area contributed by atoms with Crippen molar-refractivity contribution < 1.29 is 4.74 Å². The van der Waals surface area contributed by atoms with E-state index in [1.54, 1.807) is 5.57 Å². The van der Waals surface area contributed by atoms with Crippen molar-refractivity contribution in [1.82, 2.24) is 5.32 Å². The summed E-state index contributed by atoms with van der Waals surface area (Å²) in [6.45, 7) is 7.38. The highest BCUT2D eigenvalue weighted by atomic mass is 16.5. The Morgan fingerprint density at radius 1 is 1.29 bits per heavy atom. The highest BCUT2D eigenvalue weighted by molar-refractivity contribution is 5.19. The van der Waals surface area contributed by atoms with Gasteiger partial charge in [0, 0.05) is 6.61 Å². The topological polar surface area (TPSA) is 21.3 Å². The predicted octanol–water partition coefficient (Wildman–Crippen LogP) is 3.67. The molecule has 17 heavy (non-hydrogen) atoms. The lowest BCUT2D eigenvalue weighted by Gasteiger charge is -2.41. The Labute approximate surface area is 107 Å². The molecule has 0 radical (unpaired) electrons. The summed E-state index contributed by atoms with van der Waals surface area (Å²) in [5.74, 6) is 0. The molecule has 1 unspecified atom stereocenters. The van der Waals surface area contributed by atoms with Gasteiger partial charge < -0.3 is 10.1 Å². The molecular weight excluding hydrogens is 210 g/mol. The quantitative estimate of drug-likeness (QED) is 0.684. The van der Waals surface area contributed by atoms with Gasteiger partial charge in [0.25, 0.3) is 0 Å². The second kappa shape index (κ2) is 7.17. The first-order valence-corrected chi connectivity index (χ1v) is 7.24. The van der Waals surface area contributed by atoms with Gasteiger partial charge in [-0.2, -0.15) is 0 Å². The third kappa shape index (κ3) is 3.32. The van der Waals surface area contributed by atoms with E-state index in [0.29, 0.717) is 6.04 Å². The molecule has 0 amide bonds. The van der Waals surface area contributed by atoms with Gasteiger partial charge in [-0.15, -0.1) is 0 Å². The van der Waals surface area contributed by atoms with Crippen LogP contribution < -0.4 is 5.32 Å². The van der Waals surface area contributed by atoms with Gasteiger partial charge in [0.2, 0.25) is 0 Å². The van der Waals surface area contributed by atoms with E-state index in [0.717, 1.165) is 19.4 Å². The largest absolute Gasteiger partial charge is 0.373 e. The molecule has 0 saturated carbocycles. The number of allylic oxidation sites excluding steroid dienone is 1. The minimum Gasteiger partial charge on any atom is -0.373 e. The zero-order valence-electron chi connectivity index (χ0n) is 12.0. The Morgan fingerprint density at radius 3 is 2.41 bits per heavy atom. The molecule has 0 bridgehead atoms. The predicted molar refractivity (Wildman–Crippen MR) is 74.3 cm³/mol. The summed E-state index contributed by atoms with van der Waals surface area (Å²) < 4.78 is 6.13. The summed E-state index contributed by atoms with van der Waals surface area (Å²) in [4.78, 5) is 0. The van der Waals surface area contributed by atoms with Gasteiger partial charge in [-0.25, -0.2) is 0 Å². The van der Waals surface area contributed by atoms with Gasteiger partial charge in [-0.1, -0.05) is 25.5 Å². The minimum absolute atomic E-state index is 0.0212. The van der Waals surface area contributed by atoms with Crippen LogP contribution in [-0.4, -0.2) is 25.3 Å². The molecule has 1 aliphatic carbocycles. The summed E-state index contributed by atoms with van der Waals surface area (Å²) in [5, 5.41) is 3.51. The fraction of sp³-hybridized carbons (Fsp3) is 0.867. The lowest BCUT2D eigenvalue weighted by atomic mass is 9.80.